The summed E-state index contributed by atoms with van der Waals surface area (Å²) in [6.45, 7) is 2.22. The van der Waals surface area contributed by atoms with Crippen LogP contribution >= 0.6 is 0 Å². The highest BCUT2D eigenvalue weighted by atomic mass is 19.1. The van der Waals surface area contributed by atoms with E-state index < -0.39 is 0 Å². The van der Waals surface area contributed by atoms with Crippen molar-refractivity contribution in [1.82, 2.24) is 16.3 Å². The molecular formula is C12H16FN3O2. The third kappa shape index (κ3) is 3.04. The van der Waals surface area contributed by atoms with Gasteiger partial charge in [-0.2, -0.15) is 0 Å². The molecule has 2 rings (SSSR count). The van der Waals surface area contributed by atoms with E-state index in [9.17, 15) is 9.18 Å². The van der Waals surface area contributed by atoms with Crippen molar-refractivity contribution in [2.45, 2.75) is 25.4 Å². The lowest BCUT2D eigenvalue weighted by Gasteiger charge is -2.09. The standard InChI is InChI=1S/C12H16FN3O2/c1-2-18-16-12(17)11-7-10(14-15-11)8-3-5-9(13)6-4-8/h3-6,10-11,14-15H,2,7H2,1H3,(H,16,17). The lowest BCUT2D eigenvalue weighted by atomic mass is 10.0. The van der Waals surface area contributed by atoms with E-state index in [0.29, 0.717) is 13.0 Å². The predicted octanol–water partition coefficient (Wildman–Crippen LogP) is 0.801. The van der Waals surface area contributed by atoms with Gasteiger partial charge in [-0.15, -0.1) is 0 Å². The summed E-state index contributed by atoms with van der Waals surface area (Å²) in [5, 5.41) is 0. The van der Waals surface area contributed by atoms with Crippen molar-refractivity contribution in [3.63, 3.8) is 0 Å². The van der Waals surface area contributed by atoms with Crippen molar-refractivity contribution >= 4 is 5.91 Å². The first-order valence-corrected chi connectivity index (χ1v) is 5.89. The Balaban J connectivity index is 1.91. The Hall–Kier alpha value is -1.50. The maximum Gasteiger partial charge on any atom is 0.262 e. The Kier molecular flexibility index (Phi) is 4.24. The number of hydrogen-bond acceptors (Lipinski definition) is 4. The van der Waals surface area contributed by atoms with Crippen molar-refractivity contribution in [2.75, 3.05) is 6.61 Å². The van der Waals surface area contributed by atoms with Crippen LogP contribution in [0, 0.1) is 5.82 Å². The number of carbonyl (C=O) groups excluding carboxylic acids is 1. The van der Waals surface area contributed by atoms with Crippen LogP contribution in [0.3, 0.4) is 0 Å². The second-order valence-electron chi connectivity index (χ2n) is 4.08. The number of hydrogen-bond donors (Lipinski definition) is 3. The van der Waals surface area contributed by atoms with E-state index in [-0.39, 0.29) is 23.8 Å². The van der Waals surface area contributed by atoms with Crippen LogP contribution in [0.25, 0.3) is 0 Å². The maximum absolute atomic E-state index is 12.8. The number of hydrazine groups is 1. The molecule has 0 spiro atoms. The molecule has 3 N–H and O–H groups in total. The van der Waals surface area contributed by atoms with Crippen molar-refractivity contribution in [2.24, 2.45) is 0 Å². The minimum atomic E-state index is -0.355. The zero-order chi connectivity index (χ0) is 13.0. The van der Waals surface area contributed by atoms with Gasteiger partial charge in [0.05, 0.1) is 6.61 Å². The van der Waals surface area contributed by atoms with Crippen molar-refractivity contribution in [3.8, 4) is 0 Å². The molecule has 2 unspecified atom stereocenters. The van der Waals surface area contributed by atoms with Crippen LogP contribution in [0.4, 0.5) is 4.39 Å². The largest absolute Gasteiger partial charge is 0.274 e. The normalized spacial score (nSPS) is 23.0. The van der Waals surface area contributed by atoms with Gasteiger partial charge < -0.3 is 0 Å². The van der Waals surface area contributed by atoms with Crippen molar-refractivity contribution in [1.29, 1.82) is 0 Å². The highest BCUT2D eigenvalue weighted by molar-refractivity contribution is 5.81. The van der Waals surface area contributed by atoms with Crippen LogP contribution in [0.5, 0.6) is 0 Å². The van der Waals surface area contributed by atoms with Gasteiger partial charge in [0.1, 0.15) is 11.9 Å². The molecule has 1 aliphatic heterocycles. The van der Waals surface area contributed by atoms with Crippen LogP contribution in [-0.2, 0) is 9.63 Å². The first-order chi connectivity index (χ1) is 8.70. The Labute approximate surface area is 105 Å². The molecule has 98 valence electrons. The van der Waals surface area contributed by atoms with Crippen LogP contribution in [0.15, 0.2) is 24.3 Å². The summed E-state index contributed by atoms with van der Waals surface area (Å²) in [7, 11) is 0. The maximum atomic E-state index is 12.8. The lowest BCUT2D eigenvalue weighted by Crippen LogP contribution is -2.43. The highest BCUT2D eigenvalue weighted by Crippen LogP contribution is 2.22. The second kappa shape index (κ2) is 5.90. The molecule has 5 nitrogen and oxygen atoms in total. The van der Waals surface area contributed by atoms with Gasteiger partial charge in [-0.3, -0.25) is 9.63 Å². The summed E-state index contributed by atoms with van der Waals surface area (Å²) in [4.78, 5) is 16.5. The average molecular weight is 253 g/mol. The van der Waals surface area contributed by atoms with Gasteiger partial charge in [-0.05, 0) is 31.0 Å². The molecule has 0 aliphatic carbocycles. The predicted molar refractivity (Wildman–Crippen MR) is 63.6 cm³/mol. The van der Waals surface area contributed by atoms with Crippen molar-refractivity contribution in [3.05, 3.63) is 35.6 Å². The SMILES string of the molecule is CCONC(=O)C1CC(c2ccc(F)cc2)NN1. The number of nitrogens with one attached hydrogen (secondary N) is 3. The molecule has 1 heterocycles. The van der Waals surface area contributed by atoms with Gasteiger partial charge in [0.15, 0.2) is 0 Å². The number of carbonyl (C=O) groups is 1. The average Bonchev–Trinajstić information content (AvgIpc) is 2.86. The topological polar surface area (TPSA) is 62.4 Å². The van der Waals surface area contributed by atoms with E-state index in [4.69, 9.17) is 4.84 Å². The Morgan fingerprint density at radius 2 is 2.17 bits per heavy atom. The third-order valence-electron chi connectivity index (χ3n) is 2.81. The van der Waals surface area contributed by atoms with Crippen LogP contribution in [0.2, 0.25) is 0 Å². The van der Waals surface area contributed by atoms with E-state index in [2.05, 4.69) is 16.3 Å². The molecule has 0 saturated carbocycles. The number of benzene rings is 1. The monoisotopic (exact) mass is 253 g/mol. The highest BCUT2D eigenvalue weighted by Gasteiger charge is 2.30. The smallest absolute Gasteiger partial charge is 0.262 e. The van der Waals surface area contributed by atoms with E-state index in [1.54, 1.807) is 19.1 Å². The van der Waals surface area contributed by atoms with E-state index in [1.807, 2.05) is 0 Å². The van der Waals surface area contributed by atoms with Gasteiger partial charge in [0.25, 0.3) is 5.91 Å². The molecule has 1 aromatic rings. The first kappa shape index (κ1) is 12.9. The molecule has 18 heavy (non-hydrogen) atoms. The van der Waals surface area contributed by atoms with Crippen LogP contribution in [-0.4, -0.2) is 18.6 Å². The molecule has 1 saturated heterocycles. The number of halogens is 1. The van der Waals surface area contributed by atoms with Crippen LogP contribution in [0.1, 0.15) is 24.9 Å². The summed E-state index contributed by atoms with van der Waals surface area (Å²) in [6.07, 6.45) is 0.588. The Bertz CT molecular complexity index is 410. The number of hydroxylamine groups is 1. The molecule has 1 fully saturated rings. The fourth-order valence-corrected chi connectivity index (χ4v) is 1.86. The molecular weight excluding hydrogens is 237 g/mol. The van der Waals surface area contributed by atoms with E-state index in [0.717, 1.165) is 5.56 Å². The summed E-state index contributed by atoms with van der Waals surface area (Å²) in [5.41, 5.74) is 9.20. The molecule has 1 aliphatic rings. The molecule has 0 radical (unpaired) electrons. The summed E-state index contributed by atoms with van der Waals surface area (Å²) in [6, 6.07) is 5.86. The van der Waals surface area contributed by atoms with E-state index in [1.165, 1.54) is 12.1 Å². The Morgan fingerprint density at radius 1 is 1.44 bits per heavy atom. The summed E-state index contributed by atoms with van der Waals surface area (Å²) in [5.74, 6) is -0.482. The molecule has 2 atom stereocenters. The third-order valence-corrected chi connectivity index (χ3v) is 2.81. The second-order valence-corrected chi connectivity index (χ2v) is 4.08. The Morgan fingerprint density at radius 3 is 2.83 bits per heavy atom. The van der Waals surface area contributed by atoms with Gasteiger partial charge >= 0.3 is 0 Å². The van der Waals surface area contributed by atoms with Gasteiger partial charge in [-0.25, -0.2) is 20.7 Å². The first-order valence-electron chi connectivity index (χ1n) is 5.89. The molecule has 6 heteroatoms. The summed E-state index contributed by atoms with van der Waals surface area (Å²) >= 11 is 0. The zero-order valence-corrected chi connectivity index (χ0v) is 10.1. The minimum Gasteiger partial charge on any atom is -0.274 e. The van der Waals surface area contributed by atoms with Crippen LogP contribution < -0.4 is 16.3 Å². The molecule has 0 aromatic heterocycles. The number of rotatable bonds is 4. The van der Waals surface area contributed by atoms with Gasteiger partial charge in [0.2, 0.25) is 0 Å². The summed E-state index contributed by atoms with van der Waals surface area (Å²) < 4.78 is 12.8. The van der Waals surface area contributed by atoms with Crippen molar-refractivity contribution < 1.29 is 14.0 Å². The number of amides is 1. The molecule has 0 bridgehead atoms. The molecule has 1 amide bonds. The molecule has 1 aromatic carbocycles. The van der Waals surface area contributed by atoms with Gasteiger partial charge in [-0.1, -0.05) is 12.1 Å². The fraction of sp³-hybridized carbons (Fsp3) is 0.417. The quantitative estimate of drug-likeness (QED) is 0.695. The fourth-order valence-electron chi connectivity index (χ4n) is 1.86. The van der Waals surface area contributed by atoms with Gasteiger partial charge in [0, 0.05) is 6.04 Å². The van der Waals surface area contributed by atoms with E-state index >= 15 is 0 Å². The lowest BCUT2D eigenvalue weighted by molar-refractivity contribution is -0.135. The minimum absolute atomic E-state index is 0.0111. The zero-order valence-electron chi connectivity index (χ0n) is 10.1.